The summed E-state index contributed by atoms with van der Waals surface area (Å²) < 4.78 is 20.2. The third-order valence-corrected chi connectivity index (χ3v) is 8.87. The lowest BCUT2D eigenvalue weighted by Crippen LogP contribution is -2.50. The third-order valence-electron chi connectivity index (χ3n) is 8.64. The van der Waals surface area contributed by atoms with Gasteiger partial charge in [0.25, 0.3) is 5.91 Å². The summed E-state index contributed by atoms with van der Waals surface area (Å²) in [6.45, 7) is 4.76. The Labute approximate surface area is 223 Å². The van der Waals surface area contributed by atoms with Crippen molar-refractivity contribution < 1.29 is 13.9 Å². The van der Waals surface area contributed by atoms with Crippen LogP contribution in [0.1, 0.15) is 41.6 Å². The van der Waals surface area contributed by atoms with E-state index in [1.54, 1.807) is 12.1 Å². The molecule has 0 aromatic heterocycles. The van der Waals surface area contributed by atoms with Gasteiger partial charge < -0.3 is 14.5 Å². The number of amides is 1. The highest BCUT2D eigenvalue weighted by atomic mass is 35.5. The van der Waals surface area contributed by atoms with E-state index in [1.165, 1.54) is 12.5 Å². The lowest BCUT2D eigenvalue weighted by Gasteiger charge is -2.42. The topological polar surface area (TPSA) is 32.8 Å². The molecule has 4 nitrogen and oxygen atoms in total. The number of likely N-dealkylation sites (tertiary alicyclic amines) is 1. The van der Waals surface area contributed by atoms with Crippen LogP contribution >= 0.6 is 11.6 Å². The number of fused-ring (bicyclic) bond motifs is 1. The summed E-state index contributed by atoms with van der Waals surface area (Å²) in [7, 11) is 0. The van der Waals surface area contributed by atoms with Gasteiger partial charge >= 0.3 is 0 Å². The molecule has 2 aromatic rings. The minimum absolute atomic E-state index is 0.0804. The second kappa shape index (κ2) is 10.7. The van der Waals surface area contributed by atoms with E-state index in [2.05, 4.69) is 34.1 Å². The van der Waals surface area contributed by atoms with Gasteiger partial charge in [-0.2, -0.15) is 0 Å². The maximum Gasteiger partial charge on any atom is 0.254 e. The molecular weight excluding hydrogens is 487 g/mol. The summed E-state index contributed by atoms with van der Waals surface area (Å²) in [5.74, 6) is 0.788. The lowest BCUT2D eigenvalue weighted by molar-refractivity contribution is -0.0629. The van der Waals surface area contributed by atoms with E-state index in [4.69, 9.17) is 16.3 Å². The van der Waals surface area contributed by atoms with Crippen LogP contribution < -0.4 is 0 Å². The third kappa shape index (κ3) is 5.27. The molecule has 0 saturated carbocycles. The Morgan fingerprint density at radius 3 is 2.46 bits per heavy atom. The molecule has 0 bridgehead atoms. The maximum absolute atomic E-state index is 14.5. The summed E-state index contributed by atoms with van der Waals surface area (Å²) in [5.41, 5.74) is 2.95. The van der Waals surface area contributed by atoms with E-state index < -0.39 is 0 Å². The number of allylic oxidation sites excluding steroid dienone is 3. The van der Waals surface area contributed by atoms with Crippen LogP contribution in [0, 0.1) is 17.7 Å². The molecule has 6 heteroatoms. The zero-order chi connectivity index (χ0) is 25.4. The molecule has 4 aliphatic rings. The van der Waals surface area contributed by atoms with Gasteiger partial charge in [0, 0.05) is 55.0 Å². The molecule has 0 N–H and O–H groups in total. The number of piperidine rings is 1. The first-order chi connectivity index (χ1) is 18.0. The van der Waals surface area contributed by atoms with Crippen molar-refractivity contribution in [2.24, 2.45) is 11.8 Å². The van der Waals surface area contributed by atoms with Crippen molar-refractivity contribution in [3.05, 3.63) is 82.7 Å². The van der Waals surface area contributed by atoms with Gasteiger partial charge in [-0.05, 0) is 79.3 Å². The van der Waals surface area contributed by atoms with E-state index in [0.29, 0.717) is 34.1 Å². The molecule has 0 spiro atoms. The normalized spacial score (nSPS) is 26.3. The molecule has 3 heterocycles. The molecule has 3 aliphatic heterocycles. The number of ether oxygens (including phenoxy) is 1. The van der Waals surface area contributed by atoms with E-state index in [1.807, 2.05) is 18.2 Å². The molecular formula is C31H34ClFN2O2. The molecule has 2 aromatic carbocycles. The highest BCUT2D eigenvalue weighted by Crippen LogP contribution is 2.33. The molecule has 1 aliphatic carbocycles. The fourth-order valence-corrected chi connectivity index (χ4v) is 6.52. The van der Waals surface area contributed by atoms with Gasteiger partial charge in [-0.25, -0.2) is 4.39 Å². The van der Waals surface area contributed by atoms with Crippen LogP contribution in [0.15, 0.2) is 60.7 Å². The SMILES string of the molecule is O=C1c2cc(-c3ccc(Cl)cc3F)ccc2CCN1C1CCN(CC2C=CC=C[C@@H]2CC2CCO2)CC1. The largest absolute Gasteiger partial charge is 0.378 e. The summed E-state index contributed by atoms with van der Waals surface area (Å²) in [6, 6.07) is 10.7. The van der Waals surface area contributed by atoms with Gasteiger partial charge in [-0.3, -0.25) is 4.79 Å². The average Bonchev–Trinajstić information content (AvgIpc) is 2.88. The molecule has 1 amide bonds. The van der Waals surface area contributed by atoms with Gasteiger partial charge in [-0.15, -0.1) is 0 Å². The van der Waals surface area contributed by atoms with Crippen LogP contribution in [0.25, 0.3) is 11.1 Å². The van der Waals surface area contributed by atoms with Crippen molar-refractivity contribution in [1.29, 1.82) is 0 Å². The lowest BCUT2D eigenvalue weighted by atomic mass is 9.82. The van der Waals surface area contributed by atoms with Crippen LogP contribution in [0.4, 0.5) is 4.39 Å². The second-order valence-electron chi connectivity index (χ2n) is 10.9. The Morgan fingerprint density at radius 2 is 1.73 bits per heavy atom. The van der Waals surface area contributed by atoms with Crippen molar-refractivity contribution in [3.8, 4) is 11.1 Å². The van der Waals surface area contributed by atoms with E-state index in [0.717, 1.165) is 69.6 Å². The summed E-state index contributed by atoms with van der Waals surface area (Å²) in [6.07, 6.45) is 14.6. The number of benzene rings is 2. The van der Waals surface area contributed by atoms with Crippen LogP contribution in [0.2, 0.25) is 5.02 Å². The van der Waals surface area contributed by atoms with Crippen molar-refractivity contribution in [1.82, 2.24) is 9.80 Å². The average molecular weight is 521 g/mol. The Balaban J connectivity index is 1.09. The number of carbonyl (C=O) groups excluding carboxylic acids is 1. The first kappa shape index (κ1) is 24.8. The molecule has 37 heavy (non-hydrogen) atoms. The zero-order valence-electron chi connectivity index (χ0n) is 21.1. The Kier molecular flexibility index (Phi) is 7.20. The maximum atomic E-state index is 14.5. The van der Waals surface area contributed by atoms with E-state index in [-0.39, 0.29) is 17.8 Å². The van der Waals surface area contributed by atoms with Gasteiger partial charge in [-0.1, -0.05) is 48.0 Å². The summed E-state index contributed by atoms with van der Waals surface area (Å²) in [5, 5.41) is 0.367. The smallest absolute Gasteiger partial charge is 0.254 e. The van der Waals surface area contributed by atoms with Gasteiger partial charge in [0.05, 0.1) is 6.10 Å². The molecule has 2 fully saturated rings. The van der Waals surface area contributed by atoms with Gasteiger partial charge in [0.1, 0.15) is 5.82 Å². The quantitative estimate of drug-likeness (QED) is 0.458. The second-order valence-corrected chi connectivity index (χ2v) is 11.3. The first-order valence-corrected chi connectivity index (χ1v) is 14.0. The minimum Gasteiger partial charge on any atom is -0.378 e. The predicted octanol–water partition coefficient (Wildman–Crippen LogP) is 6.15. The van der Waals surface area contributed by atoms with Crippen LogP contribution in [-0.2, 0) is 11.2 Å². The summed E-state index contributed by atoms with van der Waals surface area (Å²) >= 11 is 5.93. The summed E-state index contributed by atoms with van der Waals surface area (Å²) in [4.78, 5) is 18.2. The van der Waals surface area contributed by atoms with Crippen LogP contribution in [-0.4, -0.2) is 60.6 Å². The fraction of sp³-hybridized carbons (Fsp3) is 0.452. The molecule has 0 radical (unpaired) electrons. The van der Waals surface area contributed by atoms with Gasteiger partial charge in [0.2, 0.25) is 0 Å². The highest BCUT2D eigenvalue weighted by Gasteiger charge is 2.34. The predicted molar refractivity (Wildman–Crippen MR) is 145 cm³/mol. The van der Waals surface area contributed by atoms with Gasteiger partial charge in [0.15, 0.2) is 0 Å². The fourth-order valence-electron chi connectivity index (χ4n) is 6.36. The number of rotatable bonds is 6. The Morgan fingerprint density at radius 1 is 0.946 bits per heavy atom. The van der Waals surface area contributed by atoms with E-state index >= 15 is 0 Å². The number of nitrogens with zero attached hydrogens (tertiary/aromatic N) is 2. The van der Waals surface area contributed by atoms with Crippen molar-refractivity contribution in [2.45, 2.75) is 44.2 Å². The molecule has 2 saturated heterocycles. The standard InChI is InChI=1S/C31H34ClFN2O2/c32-25-7-8-28(30(33)19-25)23-6-5-21-9-15-35(31(36)29(21)18-23)26-10-13-34(14-11-26)20-24-4-2-1-3-22(24)17-27-12-16-37-27/h1-8,18-19,22,24,26-27H,9-17,20H2/t22-,24?,27?/m1/s1. The van der Waals surface area contributed by atoms with Crippen LogP contribution in [0.5, 0.6) is 0 Å². The number of hydrogen-bond acceptors (Lipinski definition) is 3. The van der Waals surface area contributed by atoms with Crippen molar-refractivity contribution >= 4 is 17.5 Å². The molecule has 2 unspecified atom stereocenters. The van der Waals surface area contributed by atoms with Crippen molar-refractivity contribution in [2.75, 3.05) is 32.8 Å². The van der Waals surface area contributed by atoms with Crippen LogP contribution in [0.3, 0.4) is 0 Å². The number of halogens is 2. The van der Waals surface area contributed by atoms with E-state index in [9.17, 15) is 9.18 Å². The van der Waals surface area contributed by atoms with Crippen molar-refractivity contribution in [3.63, 3.8) is 0 Å². The number of hydrogen-bond donors (Lipinski definition) is 0. The Hall–Kier alpha value is -2.47. The number of carbonyl (C=O) groups is 1. The minimum atomic E-state index is -0.370. The zero-order valence-corrected chi connectivity index (χ0v) is 21.9. The monoisotopic (exact) mass is 520 g/mol. The Bertz CT molecular complexity index is 1220. The highest BCUT2D eigenvalue weighted by molar-refractivity contribution is 6.30. The molecule has 3 atom stereocenters. The molecule has 6 rings (SSSR count). The molecule has 194 valence electrons. The first-order valence-electron chi connectivity index (χ1n) is 13.6.